The van der Waals surface area contributed by atoms with Crippen molar-refractivity contribution in [3.05, 3.63) is 23.8 Å². The second-order valence-electron chi connectivity index (χ2n) is 5.90. The summed E-state index contributed by atoms with van der Waals surface area (Å²) in [7, 11) is 3.25. The maximum Gasteiger partial charge on any atom is 0.191 e. The number of methoxy groups -OCH3 is 2. The fourth-order valence-corrected chi connectivity index (χ4v) is 2.33. The molecule has 0 unspecified atom stereocenters. The molecule has 6 nitrogen and oxygen atoms in total. The summed E-state index contributed by atoms with van der Waals surface area (Å²) in [5.41, 5.74) is 1.10. The molecular formula is C17H27N3O3. The zero-order valence-corrected chi connectivity index (χ0v) is 14.2. The SMILES string of the molecule is CCNC(=NCc1ccc(OC)c(OC)c1)NCC1(CO)CC1. The Morgan fingerprint density at radius 1 is 1.22 bits per heavy atom. The van der Waals surface area contributed by atoms with Crippen LogP contribution >= 0.6 is 0 Å². The molecule has 0 radical (unpaired) electrons. The van der Waals surface area contributed by atoms with Gasteiger partial charge in [-0.2, -0.15) is 0 Å². The Morgan fingerprint density at radius 3 is 2.52 bits per heavy atom. The molecule has 0 saturated heterocycles. The highest BCUT2D eigenvalue weighted by molar-refractivity contribution is 5.79. The van der Waals surface area contributed by atoms with E-state index in [4.69, 9.17) is 9.47 Å². The first-order valence-electron chi connectivity index (χ1n) is 8.00. The summed E-state index contributed by atoms with van der Waals surface area (Å²) in [4.78, 5) is 4.60. The first-order chi connectivity index (χ1) is 11.2. The summed E-state index contributed by atoms with van der Waals surface area (Å²) in [5.74, 6) is 2.18. The lowest BCUT2D eigenvalue weighted by molar-refractivity contribution is 0.212. The molecule has 0 atom stereocenters. The maximum absolute atomic E-state index is 9.39. The Labute approximate surface area is 137 Å². The summed E-state index contributed by atoms with van der Waals surface area (Å²) in [6.45, 7) is 4.36. The van der Waals surface area contributed by atoms with E-state index >= 15 is 0 Å². The van der Waals surface area contributed by atoms with Crippen molar-refractivity contribution in [1.82, 2.24) is 10.6 Å². The molecule has 0 amide bonds. The molecule has 0 aromatic heterocycles. The molecule has 1 aliphatic rings. The zero-order chi connectivity index (χ0) is 16.7. The van der Waals surface area contributed by atoms with Gasteiger partial charge >= 0.3 is 0 Å². The molecule has 128 valence electrons. The molecule has 1 aliphatic carbocycles. The van der Waals surface area contributed by atoms with Crippen LogP contribution in [0.3, 0.4) is 0 Å². The maximum atomic E-state index is 9.39. The Hall–Kier alpha value is -1.95. The summed E-state index contributed by atoms with van der Waals surface area (Å²) < 4.78 is 10.6. The summed E-state index contributed by atoms with van der Waals surface area (Å²) in [5, 5.41) is 15.9. The van der Waals surface area contributed by atoms with Crippen molar-refractivity contribution in [1.29, 1.82) is 0 Å². The molecular weight excluding hydrogens is 294 g/mol. The van der Waals surface area contributed by atoms with Gasteiger partial charge < -0.3 is 25.2 Å². The van der Waals surface area contributed by atoms with Crippen LogP contribution in [0.2, 0.25) is 0 Å². The average molecular weight is 321 g/mol. The van der Waals surface area contributed by atoms with Gasteiger partial charge in [-0.25, -0.2) is 4.99 Å². The van der Waals surface area contributed by atoms with Crippen molar-refractivity contribution in [2.24, 2.45) is 10.4 Å². The quantitative estimate of drug-likeness (QED) is 0.500. The van der Waals surface area contributed by atoms with E-state index < -0.39 is 0 Å². The van der Waals surface area contributed by atoms with Crippen molar-refractivity contribution >= 4 is 5.96 Å². The number of aliphatic hydroxyl groups is 1. The van der Waals surface area contributed by atoms with E-state index in [1.165, 1.54) is 0 Å². The third-order valence-electron chi connectivity index (χ3n) is 4.14. The Kier molecular flexibility index (Phi) is 6.10. The fourth-order valence-electron chi connectivity index (χ4n) is 2.33. The molecule has 3 N–H and O–H groups in total. The highest BCUT2D eigenvalue weighted by Crippen LogP contribution is 2.44. The van der Waals surface area contributed by atoms with Crippen LogP contribution in [-0.4, -0.2) is 45.0 Å². The summed E-state index contributed by atoms with van der Waals surface area (Å²) in [6.07, 6.45) is 2.15. The second-order valence-corrected chi connectivity index (χ2v) is 5.90. The number of guanidine groups is 1. The van der Waals surface area contributed by atoms with Gasteiger partial charge in [0.1, 0.15) is 0 Å². The van der Waals surface area contributed by atoms with Crippen molar-refractivity contribution in [2.45, 2.75) is 26.3 Å². The number of benzene rings is 1. The van der Waals surface area contributed by atoms with Crippen LogP contribution in [0.25, 0.3) is 0 Å². The normalized spacial score (nSPS) is 15.9. The van der Waals surface area contributed by atoms with Crippen molar-refractivity contribution in [2.75, 3.05) is 33.9 Å². The van der Waals surface area contributed by atoms with E-state index in [1.807, 2.05) is 25.1 Å². The van der Waals surface area contributed by atoms with Crippen molar-refractivity contribution in [3.63, 3.8) is 0 Å². The van der Waals surface area contributed by atoms with Gasteiger partial charge in [0.15, 0.2) is 17.5 Å². The number of aliphatic imine (C=N–C) groups is 1. The Bertz CT molecular complexity index is 542. The first-order valence-corrected chi connectivity index (χ1v) is 8.00. The first kappa shape index (κ1) is 17.4. The largest absolute Gasteiger partial charge is 0.493 e. The minimum atomic E-state index is 0.0551. The predicted molar refractivity (Wildman–Crippen MR) is 91.1 cm³/mol. The fraction of sp³-hybridized carbons (Fsp3) is 0.588. The summed E-state index contributed by atoms with van der Waals surface area (Å²) >= 11 is 0. The van der Waals surface area contributed by atoms with Gasteiger partial charge in [-0.05, 0) is 37.5 Å². The van der Waals surface area contributed by atoms with E-state index in [1.54, 1.807) is 14.2 Å². The lowest BCUT2D eigenvalue weighted by Gasteiger charge is -2.16. The van der Waals surface area contributed by atoms with Gasteiger partial charge in [0.25, 0.3) is 0 Å². The number of aliphatic hydroxyl groups excluding tert-OH is 1. The Morgan fingerprint density at radius 2 is 1.96 bits per heavy atom. The molecule has 23 heavy (non-hydrogen) atoms. The smallest absolute Gasteiger partial charge is 0.191 e. The zero-order valence-electron chi connectivity index (χ0n) is 14.2. The standard InChI is InChI=1S/C17H27N3O3/c1-4-18-16(20-11-17(12-21)7-8-17)19-10-13-5-6-14(22-2)15(9-13)23-3/h5-6,9,21H,4,7-8,10-12H2,1-3H3,(H2,18,19,20). The third-order valence-corrected chi connectivity index (χ3v) is 4.14. The lowest BCUT2D eigenvalue weighted by Crippen LogP contribution is -2.41. The van der Waals surface area contributed by atoms with Crippen LogP contribution in [0.1, 0.15) is 25.3 Å². The molecule has 1 saturated carbocycles. The van der Waals surface area contributed by atoms with Crippen LogP contribution in [0.4, 0.5) is 0 Å². The number of hydrogen-bond acceptors (Lipinski definition) is 4. The summed E-state index contributed by atoms with van der Waals surface area (Å²) in [6, 6.07) is 5.79. The number of hydrogen-bond donors (Lipinski definition) is 3. The average Bonchev–Trinajstić information content (AvgIpc) is 3.37. The minimum absolute atomic E-state index is 0.0551. The third kappa shape index (κ3) is 4.76. The van der Waals surface area contributed by atoms with E-state index in [-0.39, 0.29) is 12.0 Å². The van der Waals surface area contributed by atoms with E-state index in [0.29, 0.717) is 18.0 Å². The van der Waals surface area contributed by atoms with E-state index in [2.05, 4.69) is 15.6 Å². The second kappa shape index (κ2) is 8.06. The van der Waals surface area contributed by atoms with Gasteiger partial charge in [-0.3, -0.25) is 0 Å². The number of rotatable bonds is 8. The highest BCUT2D eigenvalue weighted by atomic mass is 16.5. The molecule has 2 rings (SSSR count). The lowest BCUT2D eigenvalue weighted by atomic mass is 10.1. The Balaban J connectivity index is 1.99. The van der Waals surface area contributed by atoms with Gasteiger partial charge in [-0.15, -0.1) is 0 Å². The predicted octanol–water partition coefficient (Wildman–Crippen LogP) is 1.53. The molecule has 1 aromatic rings. The topological polar surface area (TPSA) is 75.1 Å². The van der Waals surface area contributed by atoms with Crippen molar-refractivity contribution in [3.8, 4) is 11.5 Å². The molecule has 1 fully saturated rings. The van der Waals surface area contributed by atoms with Crippen LogP contribution in [0.15, 0.2) is 23.2 Å². The molecule has 0 aliphatic heterocycles. The monoisotopic (exact) mass is 321 g/mol. The van der Waals surface area contributed by atoms with Gasteiger partial charge in [0.05, 0.1) is 27.4 Å². The number of nitrogens with one attached hydrogen (secondary N) is 2. The molecule has 0 heterocycles. The number of nitrogens with zero attached hydrogens (tertiary/aromatic N) is 1. The van der Waals surface area contributed by atoms with Gasteiger partial charge in [0, 0.05) is 18.5 Å². The van der Waals surface area contributed by atoms with Crippen molar-refractivity contribution < 1.29 is 14.6 Å². The molecule has 0 bridgehead atoms. The van der Waals surface area contributed by atoms with Crippen LogP contribution in [0.5, 0.6) is 11.5 Å². The van der Waals surface area contributed by atoms with E-state index in [0.717, 1.165) is 37.5 Å². The van der Waals surface area contributed by atoms with Crippen LogP contribution < -0.4 is 20.1 Å². The van der Waals surface area contributed by atoms with Gasteiger partial charge in [-0.1, -0.05) is 6.07 Å². The van der Waals surface area contributed by atoms with Crippen LogP contribution in [-0.2, 0) is 6.54 Å². The number of ether oxygens (including phenoxy) is 2. The van der Waals surface area contributed by atoms with E-state index in [9.17, 15) is 5.11 Å². The molecule has 1 aromatic carbocycles. The van der Waals surface area contributed by atoms with Crippen LogP contribution in [0, 0.1) is 5.41 Å². The molecule has 6 heteroatoms. The minimum Gasteiger partial charge on any atom is -0.493 e. The van der Waals surface area contributed by atoms with Gasteiger partial charge in [0.2, 0.25) is 0 Å². The molecule has 0 spiro atoms. The highest BCUT2D eigenvalue weighted by Gasteiger charge is 2.41.